The molecule has 6 heteroatoms. The fraction of sp³-hybridized carbons (Fsp3) is 0.308. The third kappa shape index (κ3) is 3.89. The number of hydrogen-bond donors (Lipinski definition) is 1. The molecule has 19 heavy (non-hydrogen) atoms. The van der Waals surface area contributed by atoms with Crippen molar-refractivity contribution in [3.05, 3.63) is 48.3 Å². The van der Waals surface area contributed by atoms with Gasteiger partial charge in [-0.05, 0) is 12.1 Å². The van der Waals surface area contributed by atoms with Crippen LogP contribution in [0.5, 0.6) is 0 Å². The first kappa shape index (κ1) is 13.2. The number of pyridine rings is 1. The van der Waals surface area contributed by atoms with E-state index in [9.17, 15) is 4.79 Å². The average Bonchev–Trinajstić information content (AvgIpc) is 2.75. The van der Waals surface area contributed by atoms with E-state index in [2.05, 4.69) is 9.97 Å². The zero-order chi connectivity index (χ0) is 13.7. The van der Waals surface area contributed by atoms with Crippen LogP contribution >= 0.6 is 0 Å². The average molecular weight is 260 g/mol. The van der Waals surface area contributed by atoms with E-state index in [1.807, 2.05) is 36.0 Å². The Labute approximate surface area is 111 Å². The molecule has 0 saturated carbocycles. The van der Waals surface area contributed by atoms with Crippen molar-refractivity contribution in [2.75, 3.05) is 6.54 Å². The second-order valence-electron chi connectivity index (χ2n) is 4.31. The van der Waals surface area contributed by atoms with Gasteiger partial charge in [0.25, 0.3) is 0 Å². The Balaban J connectivity index is 2.08. The molecule has 6 nitrogen and oxygen atoms in total. The zero-order valence-corrected chi connectivity index (χ0v) is 10.7. The molecule has 2 aromatic heterocycles. The van der Waals surface area contributed by atoms with Crippen LogP contribution in [-0.4, -0.2) is 37.1 Å². The molecule has 2 heterocycles. The van der Waals surface area contributed by atoms with Gasteiger partial charge < -0.3 is 9.67 Å². The molecular weight excluding hydrogens is 244 g/mol. The van der Waals surface area contributed by atoms with Crippen LogP contribution < -0.4 is 0 Å². The van der Waals surface area contributed by atoms with Crippen LogP contribution in [-0.2, 0) is 24.9 Å². The van der Waals surface area contributed by atoms with Gasteiger partial charge in [-0.3, -0.25) is 14.7 Å². The number of carboxylic acids is 1. The number of aliphatic carboxylic acids is 1. The van der Waals surface area contributed by atoms with E-state index in [1.165, 1.54) is 0 Å². The molecule has 0 atom stereocenters. The molecule has 0 aliphatic carbocycles. The molecule has 0 fully saturated rings. The van der Waals surface area contributed by atoms with Crippen molar-refractivity contribution in [2.24, 2.45) is 7.05 Å². The van der Waals surface area contributed by atoms with E-state index in [0.717, 1.165) is 11.5 Å². The van der Waals surface area contributed by atoms with Crippen molar-refractivity contribution in [3.8, 4) is 0 Å². The normalized spacial score (nSPS) is 10.8. The Bertz CT molecular complexity index is 539. The van der Waals surface area contributed by atoms with Crippen LogP contribution in [0.25, 0.3) is 0 Å². The first-order valence-corrected chi connectivity index (χ1v) is 5.95. The number of aromatic nitrogens is 3. The van der Waals surface area contributed by atoms with Crippen LogP contribution in [0.1, 0.15) is 11.5 Å². The van der Waals surface area contributed by atoms with Gasteiger partial charge in [0, 0.05) is 32.2 Å². The summed E-state index contributed by atoms with van der Waals surface area (Å²) >= 11 is 0. The number of carbonyl (C=O) groups is 1. The Morgan fingerprint density at radius 3 is 2.74 bits per heavy atom. The summed E-state index contributed by atoms with van der Waals surface area (Å²) in [5.41, 5.74) is 0.845. The van der Waals surface area contributed by atoms with Crippen molar-refractivity contribution < 1.29 is 9.90 Å². The molecule has 2 aromatic rings. The van der Waals surface area contributed by atoms with Crippen molar-refractivity contribution in [1.29, 1.82) is 0 Å². The summed E-state index contributed by atoms with van der Waals surface area (Å²) in [6.07, 6.45) is 5.25. The molecule has 0 radical (unpaired) electrons. The smallest absolute Gasteiger partial charge is 0.317 e. The number of carboxylic acid groups (broad SMARTS) is 1. The Kier molecular flexibility index (Phi) is 4.25. The Morgan fingerprint density at radius 2 is 2.16 bits per heavy atom. The van der Waals surface area contributed by atoms with Crippen molar-refractivity contribution in [3.63, 3.8) is 0 Å². The van der Waals surface area contributed by atoms with Gasteiger partial charge in [-0.15, -0.1) is 0 Å². The predicted octanol–water partition coefficient (Wildman–Crippen LogP) is 0.902. The summed E-state index contributed by atoms with van der Waals surface area (Å²) in [6.45, 7) is 0.926. The third-order valence-electron chi connectivity index (χ3n) is 2.76. The van der Waals surface area contributed by atoms with E-state index in [-0.39, 0.29) is 6.54 Å². The van der Waals surface area contributed by atoms with Gasteiger partial charge in [0.15, 0.2) is 0 Å². The molecule has 0 unspecified atom stereocenters. The minimum Gasteiger partial charge on any atom is -0.480 e. The van der Waals surface area contributed by atoms with Gasteiger partial charge in [0.2, 0.25) is 0 Å². The van der Waals surface area contributed by atoms with Gasteiger partial charge in [-0.2, -0.15) is 0 Å². The molecule has 0 amide bonds. The highest BCUT2D eigenvalue weighted by Crippen LogP contribution is 2.06. The molecule has 0 spiro atoms. The maximum absolute atomic E-state index is 10.9. The molecule has 1 N–H and O–H groups in total. The van der Waals surface area contributed by atoms with Gasteiger partial charge in [0.05, 0.1) is 18.8 Å². The van der Waals surface area contributed by atoms with Crippen molar-refractivity contribution >= 4 is 5.97 Å². The van der Waals surface area contributed by atoms with Crippen molar-refractivity contribution in [1.82, 2.24) is 19.4 Å². The highest BCUT2D eigenvalue weighted by Gasteiger charge is 2.13. The van der Waals surface area contributed by atoms with Crippen LogP contribution in [0, 0.1) is 0 Å². The summed E-state index contributed by atoms with van der Waals surface area (Å²) in [5.74, 6) is -0.0256. The largest absolute Gasteiger partial charge is 0.480 e. The van der Waals surface area contributed by atoms with E-state index in [1.54, 1.807) is 17.3 Å². The molecule has 100 valence electrons. The summed E-state index contributed by atoms with van der Waals surface area (Å²) in [5, 5.41) is 8.97. The molecule has 0 aliphatic rings. The second-order valence-corrected chi connectivity index (χ2v) is 4.31. The lowest BCUT2D eigenvalue weighted by molar-refractivity contribution is -0.138. The first-order chi connectivity index (χ1) is 9.15. The van der Waals surface area contributed by atoms with E-state index in [4.69, 9.17) is 5.11 Å². The topological polar surface area (TPSA) is 71.2 Å². The van der Waals surface area contributed by atoms with Crippen molar-refractivity contribution in [2.45, 2.75) is 13.1 Å². The maximum atomic E-state index is 10.9. The fourth-order valence-electron chi connectivity index (χ4n) is 1.83. The SMILES string of the molecule is Cn1ccnc1CN(CC(=O)O)Cc1ccccn1. The Hall–Kier alpha value is -2.21. The zero-order valence-electron chi connectivity index (χ0n) is 10.7. The third-order valence-corrected chi connectivity index (χ3v) is 2.76. The first-order valence-electron chi connectivity index (χ1n) is 5.95. The molecule has 0 bridgehead atoms. The monoisotopic (exact) mass is 260 g/mol. The van der Waals surface area contributed by atoms with Gasteiger partial charge >= 0.3 is 5.97 Å². The lowest BCUT2D eigenvalue weighted by Gasteiger charge is -2.19. The minimum atomic E-state index is -0.856. The predicted molar refractivity (Wildman–Crippen MR) is 69.2 cm³/mol. The van der Waals surface area contributed by atoms with Crippen LogP contribution in [0.2, 0.25) is 0 Å². The number of rotatable bonds is 6. The summed E-state index contributed by atoms with van der Waals surface area (Å²) in [7, 11) is 1.89. The van der Waals surface area contributed by atoms with Gasteiger partial charge in [-0.1, -0.05) is 6.07 Å². The maximum Gasteiger partial charge on any atom is 0.317 e. The summed E-state index contributed by atoms with van der Waals surface area (Å²) in [4.78, 5) is 21.2. The molecule has 0 aliphatic heterocycles. The highest BCUT2D eigenvalue weighted by atomic mass is 16.4. The number of hydrogen-bond acceptors (Lipinski definition) is 4. The fourth-order valence-corrected chi connectivity index (χ4v) is 1.83. The standard InChI is InChI=1S/C13H16N4O2/c1-16-7-6-15-12(16)9-17(10-13(18)19)8-11-4-2-3-5-14-11/h2-7H,8-10H2,1H3,(H,18,19). The lowest BCUT2D eigenvalue weighted by Crippen LogP contribution is -2.30. The Morgan fingerprint density at radius 1 is 1.32 bits per heavy atom. The van der Waals surface area contributed by atoms with E-state index >= 15 is 0 Å². The summed E-state index contributed by atoms with van der Waals surface area (Å²) in [6, 6.07) is 5.61. The van der Waals surface area contributed by atoms with E-state index < -0.39 is 5.97 Å². The molecule has 2 rings (SSSR count). The lowest BCUT2D eigenvalue weighted by atomic mass is 10.3. The van der Waals surface area contributed by atoms with E-state index in [0.29, 0.717) is 13.1 Å². The molecule has 0 saturated heterocycles. The highest BCUT2D eigenvalue weighted by molar-refractivity contribution is 5.69. The minimum absolute atomic E-state index is 0.0383. The summed E-state index contributed by atoms with van der Waals surface area (Å²) < 4.78 is 1.88. The second kappa shape index (κ2) is 6.10. The number of imidazole rings is 1. The quantitative estimate of drug-likeness (QED) is 0.835. The van der Waals surface area contributed by atoms with Gasteiger partial charge in [0.1, 0.15) is 5.82 Å². The number of nitrogens with zero attached hydrogens (tertiary/aromatic N) is 4. The molecule has 0 aromatic carbocycles. The number of aryl methyl sites for hydroxylation is 1. The molecular formula is C13H16N4O2. The van der Waals surface area contributed by atoms with Crippen LogP contribution in [0.15, 0.2) is 36.8 Å². The van der Waals surface area contributed by atoms with Crippen LogP contribution in [0.3, 0.4) is 0 Å². The van der Waals surface area contributed by atoms with Gasteiger partial charge in [-0.25, -0.2) is 4.98 Å². The van der Waals surface area contributed by atoms with Crippen LogP contribution in [0.4, 0.5) is 0 Å².